The number of thiazole rings is 1. The highest BCUT2D eigenvalue weighted by atomic mass is 32.2. The van der Waals surface area contributed by atoms with Crippen molar-refractivity contribution in [3.63, 3.8) is 0 Å². The summed E-state index contributed by atoms with van der Waals surface area (Å²) in [6.07, 6.45) is 2.45. The van der Waals surface area contributed by atoms with Crippen LogP contribution < -0.4 is 5.32 Å². The SMILES string of the molecule is CS(=O)(=O)c1ccc(C(=O)Nc2ncc(Cc3ccc(F)c(F)c3F)s2)cc1. The molecule has 1 heterocycles. The van der Waals surface area contributed by atoms with Crippen molar-refractivity contribution in [2.75, 3.05) is 11.6 Å². The molecule has 0 radical (unpaired) electrons. The molecule has 0 unspecified atom stereocenters. The van der Waals surface area contributed by atoms with Gasteiger partial charge in [0.25, 0.3) is 5.91 Å². The average molecular weight is 426 g/mol. The summed E-state index contributed by atoms with van der Waals surface area (Å²) in [7, 11) is -3.36. The zero-order valence-electron chi connectivity index (χ0n) is 14.4. The van der Waals surface area contributed by atoms with E-state index < -0.39 is 33.2 Å². The van der Waals surface area contributed by atoms with E-state index in [1.807, 2.05) is 0 Å². The molecule has 0 aliphatic heterocycles. The molecular weight excluding hydrogens is 413 g/mol. The number of sulfone groups is 1. The van der Waals surface area contributed by atoms with E-state index in [4.69, 9.17) is 0 Å². The lowest BCUT2D eigenvalue weighted by molar-refractivity contribution is 0.102. The van der Waals surface area contributed by atoms with Crippen LogP contribution in [0.25, 0.3) is 0 Å². The van der Waals surface area contributed by atoms with E-state index in [-0.39, 0.29) is 27.6 Å². The molecule has 0 spiro atoms. The first-order chi connectivity index (χ1) is 13.1. The lowest BCUT2D eigenvalue weighted by atomic mass is 10.1. The summed E-state index contributed by atoms with van der Waals surface area (Å²) in [5, 5.41) is 2.78. The van der Waals surface area contributed by atoms with Gasteiger partial charge in [-0.2, -0.15) is 0 Å². The second-order valence-corrected chi connectivity index (χ2v) is 9.02. The van der Waals surface area contributed by atoms with Crippen LogP contribution in [-0.2, 0) is 16.3 Å². The standard InChI is InChI=1S/C18H13F3N2O3S2/c1-28(25,26)13-5-2-10(3-6-13)17(24)23-18-22-9-12(27-18)8-11-4-7-14(19)16(21)15(11)20/h2-7,9H,8H2,1H3,(H,22,23,24). The van der Waals surface area contributed by atoms with Crippen molar-refractivity contribution in [2.45, 2.75) is 11.3 Å². The monoisotopic (exact) mass is 426 g/mol. The van der Waals surface area contributed by atoms with Crippen molar-refractivity contribution >= 4 is 32.2 Å². The van der Waals surface area contributed by atoms with Gasteiger partial charge in [-0.05, 0) is 35.9 Å². The van der Waals surface area contributed by atoms with E-state index in [9.17, 15) is 26.4 Å². The fourth-order valence-electron chi connectivity index (χ4n) is 2.36. The van der Waals surface area contributed by atoms with Gasteiger partial charge in [-0.15, -0.1) is 11.3 Å². The van der Waals surface area contributed by atoms with Crippen molar-refractivity contribution in [2.24, 2.45) is 0 Å². The van der Waals surface area contributed by atoms with E-state index in [0.29, 0.717) is 4.88 Å². The number of hydrogen-bond donors (Lipinski definition) is 1. The number of amides is 1. The summed E-state index contributed by atoms with van der Waals surface area (Å²) in [6.45, 7) is 0. The number of rotatable bonds is 5. The minimum atomic E-state index is -3.36. The molecule has 5 nitrogen and oxygen atoms in total. The van der Waals surface area contributed by atoms with Crippen LogP contribution in [0.2, 0.25) is 0 Å². The summed E-state index contributed by atoms with van der Waals surface area (Å²) >= 11 is 1.06. The molecule has 0 bridgehead atoms. The minimum absolute atomic E-state index is 0.0143. The molecule has 2 aromatic carbocycles. The summed E-state index contributed by atoms with van der Waals surface area (Å²) in [5.74, 6) is -4.56. The number of benzene rings is 2. The van der Waals surface area contributed by atoms with Crippen molar-refractivity contribution in [1.29, 1.82) is 0 Å². The minimum Gasteiger partial charge on any atom is -0.298 e. The molecule has 28 heavy (non-hydrogen) atoms. The Labute approximate surface area is 162 Å². The number of hydrogen-bond acceptors (Lipinski definition) is 5. The van der Waals surface area contributed by atoms with Crippen molar-refractivity contribution < 1.29 is 26.4 Å². The molecular formula is C18H13F3N2O3S2. The molecule has 0 fully saturated rings. The Morgan fingerprint density at radius 3 is 2.39 bits per heavy atom. The summed E-state index contributed by atoms with van der Waals surface area (Å²) < 4.78 is 62.9. The molecule has 0 aliphatic carbocycles. The van der Waals surface area contributed by atoms with Crippen LogP contribution in [0.4, 0.5) is 18.3 Å². The van der Waals surface area contributed by atoms with Crippen LogP contribution in [0.1, 0.15) is 20.8 Å². The number of halogens is 3. The zero-order chi connectivity index (χ0) is 20.5. The van der Waals surface area contributed by atoms with E-state index in [2.05, 4.69) is 10.3 Å². The summed E-state index contributed by atoms with van der Waals surface area (Å²) in [4.78, 5) is 16.9. The maximum absolute atomic E-state index is 13.8. The first-order valence-electron chi connectivity index (χ1n) is 7.83. The van der Waals surface area contributed by atoms with Gasteiger partial charge >= 0.3 is 0 Å². The molecule has 146 valence electrons. The molecule has 10 heteroatoms. The Kier molecular flexibility index (Phi) is 5.52. The Bertz CT molecular complexity index is 1140. The number of carbonyl (C=O) groups excluding carboxylic acids is 1. The molecule has 3 rings (SSSR count). The number of carbonyl (C=O) groups is 1. The van der Waals surface area contributed by atoms with Crippen LogP contribution in [-0.4, -0.2) is 25.6 Å². The molecule has 0 atom stereocenters. The van der Waals surface area contributed by atoms with Gasteiger partial charge in [0.1, 0.15) is 0 Å². The highest BCUT2D eigenvalue weighted by Gasteiger charge is 2.16. The zero-order valence-corrected chi connectivity index (χ0v) is 16.0. The van der Waals surface area contributed by atoms with Gasteiger partial charge < -0.3 is 0 Å². The molecule has 1 amide bonds. The average Bonchev–Trinajstić information content (AvgIpc) is 3.08. The molecule has 1 N–H and O–H groups in total. The summed E-state index contributed by atoms with van der Waals surface area (Å²) in [6, 6.07) is 7.38. The number of anilines is 1. The second-order valence-electron chi connectivity index (χ2n) is 5.89. The van der Waals surface area contributed by atoms with Crippen molar-refractivity contribution in [1.82, 2.24) is 4.98 Å². The smallest absolute Gasteiger partial charge is 0.257 e. The maximum Gasteiger partial charge on any atom is 0.257 e. The fraction of sp³-hybridized carbons (Fsp3) is 0.111. The number of nitrogens with one attached hydrogen (secondary N) is 1. The normalized spacial score (nSPS) is 11.4. The van der Waals surface area contributed by atoms with Gasteiger partial charge in [0.15, 0.2) is 32.4 Å². The van der Waals surface area contributed by atoms with Crippen LogP contribution >= 0.6 is 11.3 Å². The third-order valence-electron chi connectivity index (χ3n) is 3.80. The van der Waals surface area contributed by atoms with E-state index >= 15 is 0 Å². The predicted octanol–water partition coefficient (Wildman–Crippen LogP) is 3.81. The lowest BCUT2D eigenvalue weighted by Crippen LogP contribution is -2.11. The third kappa shape index (κ3) is 4.39. The van der Waals surface area contributed by atoms with Crippen molar-refractivity contribution in [3.05, 3.63) is 76.1 Å². The van der Waals surface area contributed by atoms with E-state index in [0.717, 1.165) is 29.7 Å². The first-order valence-corrected chi connectivity index (χ1v) is 10.5. The van der Waals surface area contributed by atoms with Gasteiger partial charge in [-0.25, -0.2) is 26.6 Å². The third-order valence-corrected chi connectivity index (χ3v) is 5.84. The molecule has 0 aliphatic rings. The Hall–Kier alpha value is -2.72. The van der Waals surface area contributed by atoms with Crippen LogP contribution in [0.5, 0.6) is 0 Å². The Morgan fingerprint density at radius 1 is 1.07 bits per heavy atom. The van der Waals surface area contributed by atoms with Gasteiger partial charge in [0.2, 0.25) is 0 Å². The second kappa shape index (κ2) is 7.72. The molecule has 0 saturated heterocycles. The Morgan fingerprint density at radius 2 is 1.75 bits per heavy atom. The van der Waals surface area contributed by atoms with Crippen LogP contribution in [0.3, 0.4) is 0 Å². The quantitative estimate of drug-likeness (QED) is 0.630. The van der Waals surface area contributed by atoms with Gasteiger partial charge in [-0.1, -0.05) is 6.07 Å². The number of aromatic nitrogens is 1. The van der Waals surface area contributed by atoms with E-state index in [1.165, 1.54) is 30.5 Å². The predicted molar refractivity (Wildman–Crippen MR) is 98.7 cm³/mol. The topological polar surface area (TPSA) is 76.1 Å². The van der Waals surface area contributed by atoms with Crippen LogP contribution in [0.15, 0.2) is 47.5 Å². The number of nitrogens with zero attached hydrogens (tertiary/aromatic N) is 1. The van der Waals surface area contributed by atoms with Gasteiger partial charge in [-0.3, -0.25) is 10.1 Å². The fourth-order valence-corrected chi connectivity index (χ4v) is 3.82. The van der Waals surface area contributed by atoms with Crippen molar-refractivity contribution in [3.8, 4) is 0 Å². The Balaban J connectivity index is 1.71. The summed E-state index contributed by atoms with van der Waals surface area (Å²) in [5.41, 5.74) is 0.201. The molecule has 1 aromatic heterocycles. The molecule has 3 aromatic rings. The molecule has 0 saturated carbocycles. The first kappa shape index (κ1) is 20.0. The lowest BCUT2D eigenvalue weighted by Gasteiger charge is -2.03. The van der Waals surface area contributed by atoms with E-state index in [1.54, 1.807) is 0 Å². The highest BCUT2D eigenvalue weighted by molar-refractivity contribution is 7.90. The maximum atomic E-state index is 13.8. The van der Waals surface area contributed by atoms with Gasteiger partial charge in [0.05, 0.1) is 4.90 Å². The van der Waals surface area contributed by atoms with Gasteiger partial charge in [0, 0.05) is 29.3 Å². The highest BCUT2D eigenvalue weighted by Crippen LogP contribution is 2.24. The van der Waals surface area contributed by atoms with Crippen LogP contribution in [0, 0.1) is 17.5 Å². The largest absolute Gasteiger partial charge is 0.298 e.